The fraction of sp³-hybridized carbons (Fsp3) is 0.643. The van der Waals surface area contributed by atoms with Crippen molar-refractivity contribution < 1.29 is 14.7 Å². The number of hydrogen-bond acceptors (Lipinski definition) is 6. The third-order valence-electron chi connectivity index (χ3n) is 3.64. The van der Waals surface area contributed by atoms with Gasteiger partial charge < -0.3 is 10.0 Å². The number of rotatable bonds is 3. The first-order valence-corrected chi connectivity index (χ1v) is 7.77. The van der Waals surface area contributed by atoms with Crippen LogP contribution in [0.4, 0.5) is 5.13 Å². The molecule has 1 fully saturated rings. The predicted octanol–water partition coefficient (Wildman–Crippen LogP) is 1.96. The van der Waals surface area contributed by atoms with Crippen LogP contribution < -0.4 is 4.90 Å². The molecule has 0 bridgehead atoms. The van der Waals surface area contributed by atoms with E-state index in [1.165, 1.54) is 18.3 Å². The zero-order valence-electron chi connectivity index (χ0n) is 12.8. The van der Waals surface area contributed by atoms with Crippen LogP contribution in [0.2, 0.25) is 0 Å². The number of nitrogens with zero attached hydrogens (tertiary/aromatic N) is 3. The van der Waals surface area contributed by atoms with E-state index in [0.29, 0.717) is 5.13 Å². The number of hydrogen-bond donors (Lipinski definition) is 1. The van der Waals surface area contributed by atoms with Crippen LogP contribution in [-0.2, 0) is 0 Å². The summed E-state index contributed by atoms with van der Waals surface area (Å²) in [5, 5.41) is 9.77. The Morgan fingerprint density at radius 1 is 1.19 bits per heavy atom. The number of thiazole rings is 1. The number of aromatic carboxylic acids is 1. The first-order valence-electron chi connectivity index (χ1n) is 6.95. The molecule has 1 N–H and O–H groups in total. The smallest absolute Gasteiger partial charge is 0.356 e. The van der Waals surface area contributed by atoms with Crippen LogP contribution >= 0.6 is 11.3 Å². The van der Waals surface area contributed by atoms with Gasteiger partial charge in [-0.15, -0.1) is 0 Å². The summed E-state index contributed by atoms with van der Waals surface area (Å²) in [5.41, 5.74) is 0.00639. The number of carbonyl (C=O) groups is 2. The molecule has 0 spiro atoms. The van der Waals surface area contributed by atoms with Crippen LogP contribution in [0.1, 0.15) is 47.9 Å². The van der Waals surface area contributed by atoms with Crippen molar-refractivity contribution in [3.8, 4) is 0 Å². The molecule has 1 saturated heterocycles. The summed E-state index contributed by atoms with van der Waals surface area (Å²) in [6.07, 6.45) is 0. The molecule has 0 amide bonds. The lowest BCUT2D eigenvalue weighted by molar-refractivity contribution is 0.0687. The van der Waals surface area contributed by atoms with Gasteiger partial charge in [0.1, 0.15) is 4.88 Å². The Morgan fingerprint density at radius 2 is 1.76 bits per heavy atom. The van der Waals surface area contributed by atoms with Crippen molar-refractivity contribution in [2.45, 2.75) is 33.2 Å². The van der Waals surface area contributed by atoms with Crippen LogP contribution in [0.15, 0.2) is 0 Å². The summed E-state index contributed by atoms with van der Waals surface area (Å²) in [7, 11) is 0. The SMILES string of the molecule is CC(=O)c1sc(N2CCN(C(C)(C)C)CC2)nc1C(=O)O. The Morgan fingerprint density at radius 3 is 2.14 bits per heavy atom. The Balaban J connectivity index is 2.16. The van der Waals surface area contributed by atoms with E-state index in [1.54, 1.807) is 0 Å². The molecule has 0 aromatic carbocycles. The molecule has 2 heterocycles. The second kappa shape index (κ2) is 5.73. The zero-order chi connectivity index (χ0) is 15.8. The van der Waals surface area contributed by atoms with Gasteiger partial charge in [-0.05, 0) is 20.8 Å². The van der Waals surface area contributed by atoms with Crippen LogP contribution in [-0.4, -0.2) is 58.5 Å². The average Bonchev–Trinajstić information content (AvgIpc) is 2.83. The number of anilines is 1. The highest BCUT2D eigenvalue weighted by atomic mass is 32.1. The minimum absolute atomic E-state index is 0.124. The van der Waals surface area contributed by atoms with Crippen molar-refractivity contribution in [3.63, 3.8) is 0 Å². The van der Waals surface area contributed by atoms with E-state index in [-0.39, 0.29) is 21.9 Å². The summed E-state index contributed by atoms with van der Waals surface area (Å²) >= 11 is 1.18. The molecule has 1 aromatic rings. The van der Waals surface area contributed by atoms with E-state index in [9.17, 15) is 9.59 Å². The highest BCUT2D eigenvalue weighted by molar-refractivity contribution is 7.17. The summed E-state index contributed by atoms with van der Waals surface area (Å²) in [4.78, 5) is 31.5. The van der Waals surface area contributed by atoms with E-state index in [0.717, 1.165) is 26.2 Å². The lowest BCUT2D eigenvalue weighted by atomic mass is 10.1. The maximum Gasteiger partial charge on any atom is 0.356 e. The molecule has 1 aromatic heterocycles. The van der Waals surface area contributed by atoms with E-state index in [1.807, 2.05) is 0 Å². The number of carboxylic acid groups (broad SMARTS) is 1. The minimum atomic E-state index is -1.14. The summed E-state index contributed by atoms with van der Waals surface area (Å²) in [6.45, 7) is 11.3. The summed E-state index contributed by atoms with van der Waals surface area (Å²) in [6, 6.07) is 0. The number of Topliss-reactive ketones (excluding diaryl/α,β-unsaturated/α-hetero) is 1. The lowest BCUT2D eigenvalue weighted by Crippen LogP contribution is -2.53. The van der Waals surface area contributed by atoms with Crippen molar-refractivity contribution in [1.29, 1.82) is 0 Å². The van der Waals surface area contributed by atoms with Crippen LogP contribution in [0.3, 0.4) is 0 Å². The predicted molar refractivity (Wildman–Crippen MR) is 82.6 cm³/mol. The molecule has 21 heavy (non-hydrogen) atoms. The standard InChI is InChI=1S/C14H21N3O3S/c1-9(18)11-10(12(19)20)15-13(21-11)16-5-7-17(8-6-16)14(2,3)4/h5-8H2,1-4H3,(H,19,20). The summed E-state index contributed by atoms with van der Waals surface area (Å²) < 4.78 is 0. The fourth-order valence-corrected chi connectivity index (χ4v) is 3.40. The van der Waals surface area contributed by atoms with E-state index in [2.05, 4.69) is 35.6 Å². The number of piperazine rings is 1. The Labute approximate surface area is 128 Å². The molecule has 1 aliphatic heterocycles. The Kier molecular flexibility index (Phi) is 4.34. The highest BCUT2D eigenvalue weighted by Crippen LogP contribution is 2.28. The normalized spacial score (nSPS) is 17.0. The molecule has 0 atom stereocenters. The maximum atomic E-state index is 11.5. The van der Waals surface area contributed by atoms with Crippen molar-refractivity contribution >= 4 is 28.2 Å². The molecule has 0 radical (unpaired) electrons. The quantitative estimate of drug-likeness (QED) is 0.860. The first kappa shape index (κ1) is 15.9. The average molecular weight is 311 g/mol. The topological polar surface area (TPSA) is 73.7 Å². The lowest BCUT2D eigenvalue weighted by Gasteiger charge is -2.42. The van der Waals surface area contributed by atoms with Crippen LogP contribution in [0, 0.1) is 0 Å². The van der Waals surface area contributed by atoms with Gasteiger partial charge in [0, 0.05) is 38.6 Å². The van der Waals surface area contributed by atoms with Gasteiger partial charge in [-0.25, -0.2) is 9.78 Å². The largest absolute Gasteiger partial charge is 0.476 e. The van der Waals surface area contributed by atoms with Gasteiger partial charge in [0.25, 0.3) is 0 Å². The molecule has 0 unspecified atom stereocenters. The van der Waals surface area contributed by atoms with Gasteiger partial charge in [0.2, 0.25) is 0 Å². The highest BCUT2D eigenvalue weighted by Gasteiger charge is 2.29. The van der Waals surface area contributed by atoms with Crippen LogP contribution in [0.5, 0.6) is 0 Å². The molecule has 2 rings (SSSR count). The van der Waals surface area contributed by atoms with Gasteiger partial charge in [0.05, 0.1) is 0 Å². The molecule has 0 aliphatic carbocycles. The molecule has 116 valence electrons. The molecule has 6 nitrogen and oxygen atoms in total. The molecular formula is C14H21N3O3S. The number of carbonyl (C=O) groups excluding carboxylic acids is 1. The van der Waals surface area contributed by atoms with Crippen molar-refractivity contribution in [2.24, 2.45) is 0 Å². The zero-order valence-corrected chi connectivity index (χ0v) is 13.7. The molecule has 1 aliphatic rings. The second-order valence-corrected chi connectivity index (χ2v) is 7.16. The van der Waals surface area contributed by atoms with Crippen molar-refractivity contribution in [1.82, 2.24) is 9.88 Å². The van der Waals surface area contributed by atoms with Gasteiger partial charge >= 0.3 is 5.97 Å². The number of aromatic nitrogens is 1. The van der Waals surface area contributed by atoms with Crippen LogP contribution in [0.25, 0.3) is 0 Å². The monoisotopic (exact) mass is 311 g/mol. The van der Waals surface area contributed by atoms with E-state index in [4.69, 9.17) is 5.11 Å². The first-order chi connectivity index (χ1) is 9.70. The van der Waals surface area contributed by atoms with Crippen molar-refractivity contribution in [2.75, 3.05) is 31.1 Å². The van der Waals surface area contributed by atoms with Gasteiger partial charge in [-0.1, -0.05) is 11.3 Å². The van der Waals surface area contributed by atoms with E-state index < -0.39 is 5.97 Å². The minimum Gasteiger partial charge on any atom is -0.476 e. The van der Waals surface area contributed by atoms with Gasteiger partial charge in [0.15, 0.2) is 16.6 Å². The third kappa shape index (κ3) is 3.41. The molecule has 0 saturated carbocycles. The second-order valence-electron chi connectivity index (χ2n) is 6.18. The third-order valence-corrected chi connectivity index (χ3v) is 4.85. The summed E-state index contributed by atoms with van der Waals surface area (Å²) in [5.74, 6) is -1.39. The molecular weight excluding hydrogens is 290 g/mol. The van der Waals surface area contributed by atoms with Crippen molar-refractivity contribution in [3.05, 3.63) is 10.6 Å². The van der Waals surface area contributed by atoms with E-state index >= 15 is 0 Å². The maximum absolute atomic E-state index is 11.5. The molecule has 7 heteroatoms. The van der Waals surface area contributed by atoms with Gasteiger partial charge in [-0.3, -0.25) is 9.69 Å². The number of ketones is 1. The van der Waals surface area contributed by atoms with Gasteiger partial charge in [-0.2, -0.15) is 0 Å². The number of carboxylic acids is 1. The fourth-order valence-electron chi connectivity index (χ4n) is 2.40. The Bertz CT molecular complexity index is 523. The Hall–Kier alpha value is -1.47.